The van der Waals surface area contributed by atoms with Crippen molar-refractivity contribution < 1.29 is 0 Å². The Morgan fingerprint density at radius 2 is 2.27 bits per heavy atom. The summed E-state index contributed by atoms with van der Waals surface area (Å²) in [6, 6.07) is 5.83. The predicted molar refractivity (Wildman–Crippen MR) is 50.6 cm³/mol. The van der Waals surface area contributed by atoms with Crippen molar-refractivity contribution in [1.82, 2.24) is 4.98 Å². The van der Waals surface area contributed by atoms with Crippen LogP contribution in [0.3, 0.4) is 0 Å². The number of aromatic nitrogens is 1. The van der Waals surface area contributed by atoms with E-state index in [1.807, 2.05) is 18.2 Å². The minimum atomic E-state index is 0.581. The summed E-state index contributed by atoms with van der Waals surface area (Å²) in [7, 11) is 0. The third kappa shape index (κ3) is 3.28. The molecule has 1 heterocycles. The van der Waals surface area contributed by atoms with Gasteiger partial charge in [0, 0.05) is 11.4 Å². The third-order valence-corrected chi connectivity index (χ3v) is 1.86. The van der Waals surface area contributed by atoms with Crippen LogP contribution in [0.15, 0.2) is 24.4 Å². The lowest BCUT2D eigenvalue weighted by molar-refractivity contribution is 1.12. The van der Waals surface area contributed by atoms with Gasteiger partial charge in [-0.3, -0.25) is 0 Å². The fraction of sp³-hybridized carbons (Fsp3) is 0.375. The van der Waals surface area contributed by atoms with Crippen molar-refractivity contribution in [2.45, 2.75) is 19.1 Å². The quantitative estimate of drug-likeness (QED) is 0.702. The molecule has 0 saturated heterocycles. The predicted octanol–water partition coefficient (Wildman–Crippen LogP) is 2.55. The minimum absolute atomic E-state index is 0.581. The first kappa shape index (κ1) is 8.40. The van der Waals surface area contributed by atoms with Crippen LogP contribution >= 0.6 is 11.9 Å². The molecule has 0 bridgehead atoms. The van der Waals surface area contributed by atoms with Crippen LogP contribution in [-0.4, -0.2) is 10.2 Å². The Hall–Kier alpha value is -0.700. The molecule has 1 aromatic heterocycles. The summed E-state index contributed by atoms with van der Waals surface area (Å²) in [6.07, 6.45) is 1.78. The van der Waals surface area contributed by atoms with Gasteiger partial charge in [-0.05, 0) is 24.1 Å². The molecule has 0 saturated carbocycles. The van der Waals surface area contributed by atoms with Gasteiger partial charge in [0.25, 0.3) is 0 Å². The molecule has 0 atom stereocenters. The summed E-state index contributed by atoms with van der Waals surface area (Å²) in [4.78, 5) is 4.12. The molecule has 0 aliphatic carbocycles. The number of hydrogen-bond acceptors (Lipinski definition) is 3. The van der Waals surface area contributed by atoms with E-state index in [2.05, 4.69) is 23.6 Å². The van der Waals surface area contributed by atoms with Gasteiger partial charge in [-0.1, -0.05) is 19.9 Å². The van der Waals surface area contributed by atoms with Gasteiger partial charge in [-0.25, -0.2) is 4.98 Å². The highest BCUT2D eigenvalue weighted by Gasteiger charge is 1.93. The second kappa shape index (κ2) is 4.23. The Kier molecular flexibility index (Phi) is 3.23. The third-order valence-electron chi connectivity index (χ3n) is 1.06. The Labute approximate surface area is 71.6 Å². The molecule has 2 nitrogen and oxygen atoms in total. The lowest BCUT2D eigenvalue weighted by Gasteiger charge is -2.05. The molecule has 1 rings (SSSR count). The number of rotatable bonds is 3. The van der Waals surface area contributed by atoms with E-state index >= 15 is 0 Å². The van der Waals surface area contributed by atoms with Crippen molar-refractivity contribution >= 4 is 17.8 Å². The van der Waals surface area contributed by atoms with Crippen LogP contribution in [0.25, 0.3) is 0 Å². The molecule has 0 fully saturated rings. The zero-order valence-corrected chi connectivity index (χ0v) is 7.56. The minimum Gasteiger partial charge on any atom is -0.314 e. The van der Waals surface area contributed by atoms with Crippen molar-refractivity contribution in [1.29, 1.82) is 0 Å². The van der Waals surface area contributed by atoms with E-state index in [4.69, 9.17) is 0 Å². The fourth-order valence-corrected chi connectivity index (χ4v) is 1.08. The number of nitrogens with zero attached hydrogens (tertiary/aromatic N) is 1. The maximum absolute atomic E-state index is 4.12. The average Bonchev–Trinajstić information content (AvgIpc) is 2.03. The first-order chi connectivity index (χ1) is 5.29. The molecule has 1 N–H and O–H groups in total. The maximum Gasteiger partial charge on any atom is 0.135 e. The molecule has 0 aliphatic heterocycles. The molecule has 0 unspecified atom stereocenters. The molecule has 0 amide bonds. The fourth-order valence-electron chi connectivity index (χ4n) is 0.601. The average molecular weight is 168 g/mol. The number of anilines is 1. The summed E-state index contributed by atoms with van der Waals surface area (Å²) >= 11 is 1.67. The molecule has 0 aromatic carbocycles. The van der Waals surface area contributed by atoms with Gasteiger partial charge < -0.3 is 4.72 Å². The van der Waals surface area contributed by atoms with Crippen molar-refractivity contribution in [3.63, 3.8) is 0 Å². The van der Waals surface area contributed by atoms with E-state index < -0.39 is 0 Å². The first-order valence-electron chi connectivity index (χ1n) is 3.62. The normalized spacial score (nSPS) is 10.1. The molecule has 3 heteroatoms. The van der Waals surface area contributed by atoms with Gasteiger partial charge in [-0.15, -0.1) is 0 Å². The Morgan fingerprint density at radius 1 is 1.45 bits per heavy atom. The molecule has 0 aliphatic rings. The highest BCUT2D eigenvalue weighted by atomic mass is 32.2. The Bertz CT molecular complexity index is 199. The maximum atomic E-state index is 4.12. The van der Waals surface area contributed by atoms with Gasteiger partial charge >= 0.3 is 0 Å². The van der Waals surface area contributed by atoms with E-state index in [0.717, 1.165) is 5.82 Å². The lowest BCUT2D eigenvalue weighted by atomic mass is 10.5. The molecule has 0 radical (unpaired) electrons. The van der Waals surface area contributed by atoms with Gasteiger partial charge in [-0.2, -0.15) is 0 Å². The van der Waals surface area contributed by atoms with Gasteiger partial charge in [0.15, 0.2) is 0 Å². The van der Waals surface area contributed by atoms with Gasteiger partial charge in [0.05, 0.1) is 0 Å². The second-order valence-electron chi connectivity index (χ2n) is 2.48. The molecular formula is C8H12N2S. The Balaban J connectivity index is 2.39. The van der Waals surface area contributed by atoms with E-state index in [9.17, 15) is 0 Å². The van der Waals surface area contributed by atoms with E-state index in [1.54, 1.807) is 18.1 Å². The first-order valence-corrected chi connectivity index (χ1v) is 4.49. The van der Waals surface area contributed by atoms with Crippen LogP contribution in [0, 0.1) is 0 Å². The smallest absolute Gasteiger partial charge is 0.135 e. The topological polar surface area (TPSA) is 24.9 Å². The van der Waals surface area contributed by atoms with Crippen molar-refractivity contribution in [3.05, 3.63) is 24.4 Å². The largest absolute Gasteiger partial charge is 0.314 e. The van der Waals surface area contributed by atoms with Crippen LogP contribution in [0.5, 0.6) is 0 Å². The summed E-state index contributed by atoms with van der Waals surface area (Å²) in [6.45, 7) is 4.28. The van der Waals surface area contributed by atoms with Gasteiger partial charge in [0.2, 0.25) is 0 Å². The van der Waals surface area contributed by atoms with Crippen molar-refractivity contribution in [2.75, 3.05) is 4.72 Å². The summed E-state index contributed by atoms with van der Waals surface area (Å²) in [5.74, 6) is 0.922. The molecule has 60 valence electrons. The van der Waals surface area contributed by atoms with E-state index in [-0.39, 0.29) is 0 Å². The SMILES string of the molecule is CC(C)SNc1ccccn1. The summed E-state index contributed by atoms with van der Waals surface area (Å²) in [5.41, 5.74) is 0. The number of pyridine rings is 1. The van der Waals surface area contributed by atoms with Crippen LogP contribution in [0.2, 0.25) is 0 Å². The van der Waals surface area contributed by atoms with Gasteiger partial charge in [0.1, 0.15) is 5.82 Å². The second-order valence-corrected chi connectivity index (χ2v) is 3.87. The Morgan fingerprint density at radius 3 is 2.82 bits per heavy atom. The highest BCUT2D eigenvalue weighted by Crippen LogP contribution is 2.12. The zero-order chi connectivity index (χ0) is 8.10. The molecular weight excluding hydrogens is 156 g/mol. The van der Waals surface area contributed by atoms with Crippen molar-refractivity contribution in [3.8, 4) is 0 Å². The van der Waals surface area contributed by atoms with E-state index in [0.29, 0.717) is 5.25 Å². The lowest BCUT2D eigenvalue weighted by Crippen LogP contribution is -1.95. The molecule has 11 heavy (non-hydrogen) atoms. The summed E-state index contributed by atoms with van der Waals surface area (Å²) < 4.78 is 3.15. The van der Waals surface area contributed by atoms with Crippen LogP contribution in [0.4, 0.5) is 5.82 Å². The standard InChI is InChI=1S/C8H12N2S/c1-7(2)11-10-8-5-3-4-6-9-8/h3-7H,1-2H3,(H,9,10). The molecule has 1 aromatic rings. The van der Waals surface area contributed by atoms with Crippen LogP contribution in [-0.2, 0) is 0 Å². The summed E-state index contributed by atoms with van der Waals surface area (Å²) in [5, 5.41) is 0.581. The number of nitrogens with one attached hydrogen (secondary N) is 1. The van der Waals surface area contributed by atoms with E-state index in [1.165, 1.54) is 0 Å². The monoisotopic (exact) mass is 168 g/mol. The zero-order valence-electron chi connectivity index (χ0n) is 6.74. The van der Waals surface area contributed by atoms with Crippen LogP contribution < -0.4 is 4.72 Å². The highest BCUT2D eigenvalue weighted by molar-refractivity contribution is 8.01. The molecule has 0 spiro atoms. The number of hydrogen-bond donors (Lipinski definition) is 1. The van der Waals surface area contributed by atoms with Crippen LogP contribution in [0.1, 0.15) is 13.8 Å². The van der Waals surface area contributed by atoms with Crippen molar-refractivity contribution in [2.24, 2.45) is 0 Å².